The fraction of sp³-hybridized carbons (Fsp3) is 0.615. The van der Waals surface area contributed by atoms with E-state index in [0.29, 0.717) is 0 Å². The van der Waals surface area contributed by atoms with Crippen LogP contribution < -0.4 is 0 Å². The molecule has 0 radical (unpaired) electrons. The second-order valence-corrected chi connectivity index (χ2v) is 5.08. The number of aliphatic carboxylic acids is 1. The number of hydrogen-bond acceptors (Lipinski definition) is 2. The Hall–Kier alpha value is -1.09. The highest BCUT2D eigenvalue weighted by molar-refractivity contribution is 5.78. The van der Waals surface area contributed by atoms with Crippen LogP contribution >= 0.6 is 0 Å². The number of ether oxygens (including phenoxy) is 1. The minimum Gasteiger partial charge on any atom is -0.479 e. The maximum atomic E-state index is 11.1. The molecule has 0 aromatic carbocycles. The molecule has 0 spiro atoms. The lowest BCUT2D eigenvalue weighted by Crippen LogP contribution is -2.28. The molecule has 0 aromatic rings. The Balaban J connectivity index is 3.18. The Morgan fingerprint density at radius 1 is 1.50 bits per heavy atom. The zero-order valence-electron chi connectivity index (χ0n) is 10.4. The summed E-state index contributed by atoms with van der Waals surface area (Å²) in [7, 11) is 1.44. The standard InChI is InChI=1S/C13H20O3/c1-13(2,3)10-8-6-5-7-9(10)11(16-4)12(14)15/h5,7,11H,6,8H2,1-4H3,(H,14,15). The van der Waals surface area contributed by atoms with E-state index in [1.807, 2.05) is 12.2 Å². The van der Waals surface area contributed by atoms with Crippen LogP contribution in [0.5, 0.6) is 0 Å². The highest BCUT2D eigenvalue weighted by Crippen LogP contribution is 2.36. The van der Waals surface area contributed by atoms with Crippen molar-refractivity contribution in [3.05, 3.63) is 23.3 Å². The van der Waals surface area contributed by atoms with Gasteiger partial charge >= 0.3 is 5.97 Å². The topological polar surface area (TPSA) is 46.5 Å². The van der Waals surface area contributed by atoms with E-state index in [0.717, 1.165) is 18.4 Å². The maximum absolute atomic E-state index is 11.1. The zero-order chi connectivity index (χ0) is 12.3. The quantitative estimate of drug-likeness (QED) is 0.801. The van der Waals surface area contributed by atoms with Crippen LogP contribution in [-0.2, 0) is 9.53 Å². The molecule has 1 rings (SSSR count). The Morgan fingerprint density at radius 2 is 2.12 bits per heavy atom. The number of allylic oxidation sites excluding steroid dienone is 2. The van der Waals surface area contributed by atoms with E-state index in [1.54, 1.807) is 0 Å². The molecule has 0 bridgehead atoms. The smallest absolute Gasteiger partial charge is 0.337 e. The van der Waals surface area contributed by atoms with Gasteiger partial charge in [0.15, 0.2) is 6.10 Å². The van der Waals surface area contributed by atoms with Gasteiger partial charge in [0, 0.05) is 7.11 Å². The summed E-state index contributed by atoms with van der Waals surface area (Å²) in [6.45, 7) is 6.32. The van der Waals surface area contributed by atoms with Crippen molar-refractivity contribution in [1.29, 1.82) is 0 Å². The molecule has 0 heterocycles. The van der Waals surface area contributed by atoms with Gasteiger partial charge in [-0.3, -0.25) is 0 Å². The predicted molar refractivity (Wildman–Crippen MR) is 63.3 cm³/mol. The molecule has 3 heteroatoms. The first-order valence-corrected chi connectivity index (χ1v) is 5.53. The highest BCUT2D eigenvalue weighted by atomic mass is 16.5. The van der Waals surface area contributed by atoms with Crippen LogP contribution in [0.3, 0.4) is 0 Å². The van der Waals surface area contributed by atoms with E-state index in [2.05, 4.69) is 20.8 Å². The number of carboxylic acid groups (broad SMARTS) is 1. The van der Waals surface area contributed by atoms with Crippen LogP contribution in [0.4, 0.5) is 0 Å². The second kappa shape index (κ2) is 4.83. The van der Waals surface area contributed by atoms with Gasteiger partial charge in [-0.25, -0.2) is 4.79 Å². The number of hydrogen-bond donors (Lipinski definition) is 1. The lowest BCUT2D eigenvalue weighted by Gasteiger charge is -2.30. The van der Waals surface area contributed by atoms with Crippen molar-refractivity contribution in [3.8, 4) is 0 Å². The molecule has 0 amide bonds. The van der Waals surface area contributed by atoms with E-state index in [4.69, 9.17) is 9.84 Å². The minimum atomic E-state index is -0.925. The van der Waals surface area contributed by atoms with Crippen LogP contribution in [0, 0.1) is 5.41 Å². The summed E-state index contributed by atoms with van der Waals surface area (Å²) in [5.74, 6) is -0.925. The van der Waals surface area contributed by atoms with E-state index < -0.39 is 12.1 Å². The summed E-state index contributed by atoms with van der Waals surface area (Å²) in [4.78, 5) is 11.1. The van der Waals surface area contributed by atoms with E-state index in [1.165, 1.54) is 12.7 Å². The van der Waals surface area contributed by atoms with Crippen molar-refractivity contribution >= 4 is 5.97 Å². The minimum absolute atomic E-state index is 0.00762. The fourth-order valence-corrected chi connectivity index (χ4v) is 2.10. The number of rotatable bonds is 3. The molecule has 0 aliphatic heterocycles. The summed E-state index contributed by atoms with van der Waals surface area (Å²) in [5, 5.41) is 9.12. The van der Waals surface area contributed by atoms with Crippen molar-refractivity contribution < 1.29 is 14.6 Å². The van der Waals surface area contributed by atoms with Crippen molar-refractivity contribution in [2.75, 3.05) is 7.11 Å². The largest absolute Gasteiger partial charge is 0.479 e. The monoisotopic (exact) mass is 224 g/mol. The first-order chi connectivity index (χ1) is 7.38. The second-order valence-electron chi connectivity index (χ2n) is 5.08. The summed E-state index contributed by atoms with van der Waals surface area (Å²) in [5.41, 5.74) is 1.99. The van der Waals surface area contributed by atoms with Crippen LogP contribution in [0.1, 0.15) is 33.6 Å². The number of carboxylic acids is 1. The molecule has 90 valence electrons. The maximum Gasteiger partial charge on any atom is 0.337 e. The Morgan fingerprint density at radius 3 is 2.56 bits per heavy atom. The van der Waals surface area contributed by atoms with E-state index in [-0.39, 0.29) is 5.41 Å². The molecule has 0 saturated heterocycles. The fourth-order valence-electron chi connectivity index (χ4n) is 2.10. The van der Waals surface area contributed by atoms with Crippen LogP contribution in [0.2, 0.25) is 0 Å². The van der Waals surface area contributed by atoms with Crippen molar-refractivity contribution in [3.63, 3.8) is 0 Å². The molecule has 1 unspecified atom stereocenters. The molecule has 1 N–H and O–H groups in total. The number of carbonyl (C=O) groups is 1. The molecular formula is C13H20O3. The third kappa shape index (κ3) is 2.73. The summed E-state index contributed by atoms with van der Waals surface area (Å²) < 4.78 is 5.07. The first kappa shape index (κ1) is 13.0. The Bertz CT molecular complexity index is 332. The van der Waals surface area contributed by atoms with Gasteiger partial charge < -0.3 is 9.84 Å². The molecule has 1 atom stereocenters. The lowest BCUT2D eigenvalue weighted by atomic mass is 9.77. The van der Waals surface area contributed by atoms with Gasteiger partial charge in [-0.1, -0.05) is 38.5 Å². The normalized spacial score (nSPS) is 18.8. The average molecular weight is 224 g/mol. The molecule has 1 aliphatic carbocycles. The van der Waals surface area contributed by atoms with Crippen LogP contribution in [-0.4, -0.2) is 24.3 Å². The van der Waals surface area contributed by atoms with Gasteiger partial charge in [-0.05, 0) is 23.8 Å². The van der Waals surface area contributed by atoms with E-state index >= 15 is 0 Å². The highest BCUT2D eigenvalue weighted by Gasteiger charge is 2.29. The van der Waals surface area contributed by atoms with Crippen LogP contribution in [0.25, 0.3) is 0 Å². The summed E-state index contributed by atoms with van der Waals surface area (Å²) in [6, 6.07) is 0. The summed E-state index contributed by atoms with van der Waals surface area (Å²) >= 11 is 0. The van der Waals surface area contributed by atoms with Gasteiger partial charge in [0.2, 0.25) is 0 Å². The van der Waals surface area contributed by atoms with E-state index in [9.17, 15) is 4.79 Å². The predicted octanol–water partition coefficient (Wildman–Crippen LogP) is 2.78. The van der Waals surface area contributed by atoms with Gasteiger partial charge in [0.1, 0.15) is 0 Å². The molecule has 16 heavy (non-hydrogen) atoms. The van der Waals surface area contributed by atoms with Crippen molar-refractivity contribution in [1.82, 2.24) is 0 Å². The third-order valence-electron chi connectivity index (χ3n) is 2.85. The van der Waals surface area contributed by atoms with Gasteiger partial charge in [-0.15, -0.1) is 0 Å². The summed E-state index contributed by atoms with van der Waals surface area (Å²) in [6.07, 6.45) is 4.96. The van der Waals surface area contributed by atoms with Gasteiger partial charge in [-0.2, -0.15) is 0 Å². The molecule has 3 nitrogen and oxygen atoms in total. The van der Waals surface area contributed by atoms with Gasteiger partial charge in [0.05, 0.1) is 0 Å². The Kier molecular flexibility index (Phi) is 3.92. The van der Waals surface area contributed by atoms with Gasteiger partial charge in [0.25, 0.3) is 0 Å². The lowest BCUT2D eigenvalue weighted by molar-refractivity contribution is -0.146. The number of methoxy groups -OCH3 is 1. The molecular weight excluding hydrogens is 204 g/mol. The molecule has 0 saturated carbocycles. The molecule has 1 aliphatic rings. The zero-order valence-corrected chi connectivity index (χ0v) is 10.4. The average Bonchev–Trinajstić information content (AvgIpc) is 2.17. The van der Waals surface area contributed by atoms with Crippen molar-refractivity contribution in [2.24, 2.45) is 5.41 Å². The Labute approximate surface area is 96.8 Å². The SMILES string of the molecule is COC(C(=O)O)C1=C(C(C)(C)C)CCC=C1. The first-order valence-electron chi connectivity index (χ1n) is 5.53. The molecule has 0 fully saturated rings. The van der Waals surface area contributed by atoms with Crippen LogP contribution in [0.15, 0.2) is 23.3 Å². The third-order valence-corrected chi connectivity index (χ3v) is 2.85. The molecule has 0 aromatic heterocycles. The van der Waals surface area contributed by atoms with Crippen molar-refractivity contribution in [2.45, 2.75) is 39.7 Å².